The third kappa shape index (κ3) is 8.98. The van der Waals surface area contributed by atoms with Crippen LogP contribution in [0.1, 0.15) is 30.9 Å². The number of para-hydroxylation sites is 1. The number of benzene rings is 3. The summed E-state index contributed by atoms with van der Waals surface area (Å²) in [6, 6.07) is 21.9. The lowest BCUT2D eigenvalue weighted by molar-refractivity contribution is -0.140. The molecule has 0 heterocycles. The first-order chi connectivity index (χ1) is 18.6. The van der Waals surface area contributed by atoms with Crippen LogP contribution in [0.3, 0.4) is 0 Å². The first-order valence-corrected chi connectivity index (χ1v) is 15.3. The van der Waals surface area contributed by atoms with E-state index in [1.54, 1.807) is 36.4 Å². The quantitative estimate of drug-likeness (QED) is 0.273. The number of unbranched alkanes of at least 4 members (excludes halogenated alkanes) is 1. The maximum absolute atomic E-state index is 14.0. The van der Waals surface area contributed by atoms with Crippen LogP contribution in [0.5, 0.6) is 0 Å². The zero-order valence-corrected chi connectivity index (χ0v) is 24.3. The Morgan fingerprint density at radius 1 is 0.923 bits per heavy atom. The van der Waals surface area contributed by atoms with Crippen LogP contribution in [-0.4, -0.2) is 50.5 Å². The number of hydrogen-bond acceptors (Lipinski definition) is 4. The van der Waals surface area contributed by atoms with E-state index >= 15 is 0 Å². The molecule has 0 aliphatic rings. The van der Waals surface area contributed by atoms with Crippen LogP contribution in [0.4, 0.5) is 5.69 Å². The highest BCUT2D eigenvalue weighted by Gasteiger charge is 2.33. The van der Waals surface area contributed by atoms with Crippen molar-refractivity contribution < 1.29 is 18.0 Å². The standard InChI is InChI=1S/C29H33Cl2N3O4S/c1-3-4-17-32-29(36)27(19-22-11-6-5-7-12-22)33(20-23-13-10-14-24(30)18-23)28(35)21-34(39(2,37)38)26-16-9-8-15-25(26)31/h5-16,18,27H,3-4,17,19-21H2,1-2H3,(H,32,36)/t27-/m0/s1. The van der Waals surface area contributed by atoms with Crippen LogP contribution >= 0.6 is 23.2 Å². The van der Waals surface area contributed by atoms with Gasteiger partial charge in [-0.1, -0.05) is 91.1 Å². The number of halogens is 2. The number of carbonyl (C=O) groups is 2. The first-order valence-electron chi connectivity index (χ1n) is 12.7. The number of hydrogen-bond donors (Lipinski definition) is 1. The number of carbonyl (C=O) groups excluding carboxylic acids is 2. The van der Waals surface area contributed by atoms with Gasteiger partial charge in [0.15, 0.2) is 0 Å². The Kier molecular flexibility index (Phi) is 11.2. The van der Waals surface area contributed by atoms with E-state index in [0.29, 0.717) is 17.1 Å². The number of rotatable bonds is 13. The molecule has 0 aliphatic carbocycles. The third-order valence-electron chi connectivity index (χ3n) is 6.14. The largest absolute Gasteiger partial charge is 0.354 e. The summed E-state index contributed by atoms with van der Waals surface area (Å²) in [7, 11) is -3.89. The molecule has 0 aromatic heterocycles. The Balaban J connectivity index is 2.04. The summed E-state index contributed by atoms with van der Waals surface area (Å²) in [4.78, 5) is 29.0. The fourth-order valence-electron chi connectivity index (χ4n) is 4.14. The van der Waals surface area contributed by atoms with E-state index in [9.17, 15) is 18.0 Å². The van der Waals surface area contributed by atoms with Crippen molar-refractivity contribution in [2.24, 2.45) is 0 Å². The zero-order valence-electron chi connectivity index (χ0n) is 22.0. The fourth-order valence-corrected chi connectivity index (χ4v) is 5.50. The second-order valence-electron chi connectivity index (χ2n) is 9.22. The van der Waals surface area contributed by atoms with Gasteiger partial charge in [-0.25, -0.2) is 8.42 Å². The molecule has 1 N–H and O–H groups in total. The van der Waals surface area contributed by atoms with Gasteiger partial charge in [-0.3, -0.25) is 13.9 Å². The maximum Gasteiger partial charge on any atom is 0.244 e. The second-order valence-corrected chi connectivity index (χ2v) is 12.0. The van der Waals surface area contributed by atoms with Crippen molar-refractivity contribution >= 4 is 50.7 Å². The van der Waals surface area contributed by atoms with E-state index < -0.39 is 28.5 Å². The summed E-state index contributed by atoms with van der Waals surface area (Å²) in [6.45, 7) is 2.01. The SMILES string of the molecule is CCCCNC(=O)[C@H](Cc1ccccc1)N(Cc1cccc(Cl)c1)C(=O)CN(c1ccccc1Cl)S(C)(=O)=O. The molecule has 39 heavy (non-hydrogen) atoms. The van der Waals surface area contributed by atoms with Crippen LogP contribution in [0.15, 0.2) is 78.9 Å². The number of sulfonamides is 1. The Morgan fingerprint density at radius 2 is 1.59 bits per heavy atom. The maximum atomic E-state index is 14.0. The Morgan fingerprint density at radius 3 is 2.23 bits per heavy atom. The Bertz CT molecular complexity index is 1370. The summed E-state index contributed by atoms with van der Waals surface area (Å²) in [5.74, 6) is -0.863. The van der Waals surface area contributed by atoms with Gasteiger partial charge < -0.3 is 10.2 Å². The molecular weight excluding hydrogens is 557 g/mol. The monoisotopic (exact) mass is 589 g/mol. The lowest BCUT2D eigenvalue weighted by Gasteiger charge is -2.33. The second kappa shape index (κ2) is 14.4. The zero-order chi connectivity index (χ0) is 28.4. The highest BCUT2D eigenvalue weighted by atomic mass is 35.5. The van der Waals surface area contributed by atoms with Gasteiger partial charge in [0.1, 0.15) is 12.6 Å². The molecule has 0 saturated heterocycles. The molecule has 1 atom stereocenters. The normalized spacial score (nSPS) is 12.0. The van der Waals surface area contributed by atoms with Gasteiger partial charge in [-0.05, 0) is 41.8 Å². The average molecular weight is 591 g/mol. The molecular formula is C29H33Cl2N3O4S. The summed E-state index contributed by atoms with van der Waals surface area (Å²) >= 11 is 12.5. The molecule has 3 rings (SSSR count). The highest BCUT2D eigenvalue weighted by Crippen LogP contribution is 2.28. The summed E-state index contributed by atoms with van der Waals surface area (Å²) in [6.07, 6.45) is 2.95. The lowest BCUT2D eigenvalue weighted by atomic mass is 10.0. The van der Waals surface area contributed by atoms with Crippen LogP contribution in [0.2, 0.25) is 10.0 Å². The van der Waals surface area contributed by atoms with Crippen molar-refractivity contribution in [2.75, 3.05) is 23.7 Å². The number of amides is 2. The lowest BCUT2D eigenvalue weighted by Crippen LogP contribution is -2.53. The highest BCUT2D eigenvalue weighted by molar-refractivity contribution is 7.92. The van der Waals surface area contributed by atoms with Crippen LogP contribution < -0.4 is 9.62 Å². The molecule has 0 fully saturated rings. The van der Waals surface area contributed by atoms with Gasteiger partial charge in [0.2, 0.25) is 21.8 Å². The molecule has 10 heteroatoms. The van der Waals surface area contributed by atoms with Crippen molar-refractivity contribution in [3.05, 3.63) is 100 Å². The summed E-state index contributed by atoms with van der Waals surface area (Å²) in [5.41, 5.74) is 1.76. The molecule has 208 valence electrons. The van der Waals surface area contributed by atoms with Crippen LogP contribution in [-0.2, 0) is 32.6 Å². The van der Waals surface area contributed by atoms with Crippen LogP contribution in [0.25, 0.3) is 0 Å². The minimum Gasteiger partial charge on any atom is -0.354 e. The van der Waals surface area contributed by atoms with Gasteiger partial charge in [0.25, 0.3) is 0 Å². The molecule has 3 aromatic rings. The van der Waals surface area contributed by atoms with Crippen LogP contribution in [0, 0.1) is 0 Å². The molecule has 0 saturated carbocycles. The van der Waals surface area contributed by atoms with E-state index in [1.807, 2.05) is 43.3 Å². The summed E-state index contributed by atoms with van der Waals surface area (Å²) in [5, 5.41) is 3.63. The summed E-state index contributed by atoms with van der Waals surface area (Å²) < 4.78 is 26.6. The van der Waals surface area contributed by atoms with E-state index in [1.165, 1.54) is 11.0 Å². The van der Waals surface area contributed by atoms with Gasteiger partial charge in [-0.2, -0.15) is 0 Å². The van der Waals surface area contributed by atoms with Crippen molar-refractivity contribution in [1.29, 1.82) is 0 Å². The van der Waals surface area contributed by atoms with Crippen molar-refractivity contribution in [2.45, 2.75) is 38.8 Å². The minimum atomic E-state index is -3.89. The van der Waals surface area contributed by atoms with Gasteiger partial charge >= 0.3 is 0 Å². The molecule has 2 amide bonds. The fraction of sp³-hybridized carbons (Fsp3) is 0.310. The topological polar surface area (TPSA) is 86.8 Å². The smallest absolute Gasteiger partial charge is 0.244 e. The Labute approximate surface area is 240 Å². The van der Waals surface area contributed by atoms with E-state index in [2.05, 4.69) is 5.32 Å². The number of anilines is 1. The molecule has 7 nitrogen and oxygen atoms in total. The van der Waals surface area contributed by atoms with Crippen molar-refractivity contribution in [3.8, 4) is 0 Å². The predicted octanol–water partition coefficient (Wildman–Crippen LogP) is 5.32. The third-order valence-corrected chi connectivity index (χ3v) is 7.82. The predicted molar refractivity (Wildman–Crippen MR) is 157 cm³/mol. The average Bonchev–Trinajstić information content (AvgIpc) is 2.90. The molecule has 0 unspecified atom stereocenters. The van der Waals surface area contributed by atoms with E-state index in [-0.39, 0.29) is 29.6 Å². The van der Waals surface area contributed by atoms with Crippen molar-refractivity contribution in [3.63, 3.8) is 0 Å². The first kappa shape index (κ1) is 30.5. The molecule has 0 radical (unpaired) electrons. The Hall–Kier alpha value is -3.07. The number of nitrogens with one attached hydrogen (secondary N) is 1. The van der Waals surface area contributed by atoms with Gasteiger partial charge in [-0.15, -0.1) is 0 Å². The van der Waals surface area contributed by atoms with E-state index in [0.717, 1.165) is 29.0 Å². The molecule has 0 spiro atoms. The van der Waals surface area contributed by atoms with Gasteiger partial charge in [0, 0.05) is 24.5 Å². The van der Waals surface area contributed by atoms with E-state index in [4.69, 9.17) is 23.2 Å². The molecule has 0 bridgehead atoms. The minimum absolute atomic E-state index is 0.0538. The van der Waals surface area contributed by atoms with Gasteiger partial charge in [0.05, 0.1) is 17.0 Å². The number of nitrogens with zero attached hydrogens (tertiary/aromatic N) is 2. The molecule has 3 aromatic carbocycles. The molecule has 0 aliphatic heterocycles. The van der Waals surface area contributed by atoms with Crippen molar-refractivity contribution in [1.82, 2.24) is 10.2 Å².